The Hall–Kier alpha value is -1.39. The van der Waals surface area contributed by atoms with Gasteiger partial charge in [0.2, 0.25) is 0 Å². The van der Waals surface area contributed by atoms with Crippen molar-refractivity contribution in [3.8, 4) is 5.75 Å². The number of nitrogens with two attached hydrogens (primary N) is 1. The van der Waals surface area contributed by atoms with Crippen molar-refractivity contribution in [3.63, 3.8) is 0 Å². The first-order chi connectivity index (χ1) is 11.3. The van der Waals surface area contributed by atoms with Crippen molar-refractivity contribution < 1.29 is 4.74 Å². The number of nitrogens with zero attached hydrogens (tertiary/aromatic N) is 1. The highest BCUT2D eigenvalue weighted by Crippen LogP contribution is 2.29. The summed E-state index contributed by atoms with van der Waals surface area (Å²) in [7, 11) is 0. The third-order valence-electron chi connectivity index (χ3n) is 3.91. The quantitative estimate of drug-likeness (QED) is 0.786. The van der Waals surface area contributed by atoms with E-state index in [4.69, 9.17) is 15.5 Å². The fourth-order valence-electron chi connectivity index (χ4n) is 2.36. The SMILES string of the molecule is CC(C)COc1ccc(CC(CN)c2nc(C(C)(C)C)cs2)cc1. The molecular weight excluding hydrogens is 316 g/mol. The molecule has 1 unspecified atom stereocenters. The molecule has 132 valence electrons. The third-order valence-corrected chi connectivity index (χ3v) is 4.92. The van der Waals surface area contributed by atoms with Crippen LogP contribution in [0.25, 0.3) is 0 Å². The van der Waals surface area contributed by atoms with Crippen LogP contribution in [-0.2, 0) is 11.8 Å². The fraction of sp³-hybridized carbons (Fsp3) is 0.550. The van der Waals surface area contributed by atoms with Crippen LogP contribution in [0, 0.1) is 5.92 Å². The first-order valence-electron chi connectivity index (χ1n) is 8.67. The molecule has 0 spiro atoms. The molecule has 0 bridgehead atoms. The van der Waals surface area contributed by atoms with Gasteiger partial charge < -0.3 is 10.5 Å². The molecule has 0 aliphatic heterocycles. The van der Waals surface area contributed by atoms with Crippen molar-refractivity contribution in [2.45, 2.75) is 52.4 Å². The molecule has 3 nitrogen and oxygen atoms in total. The lowest BCUT2D eigenvalue weighted by atomic mass is 9.93. The van der Waals surface area contributed by atoms with Gasteiger partial charge in [-0.05, 0) is 30.0 Å². The Bertz CT molecular complexity index is 626. The number of aromatic nitrogens is 1. The van der Waals surface area contributed by atoms with Crippen LogP contribution in [0.2, 0.25) is 0 Å². The summed E-state index contributed by atoms with van der Waals surface area (Å²) < 4.78 is 5.74. The molecule has 0 amide bonds. The number of hydrogen-bond acceptors (Lipinski definition) is 4. The molecule has 1 aromatic carbocycles. The molecule has 1 heterocycles. The summed E-state index contributed by atoms with van der Waals surface area (Å²) in [4.78, 5) is 4.83. The Kier molecular flexibility index (Phi) is 6.41. The topological polar surface area (TPSA) is 48.1 Å². The van der Waals surface area contributed by atoms with Crippen LogP contribution in [-0.4, -0.2) is 18.1 Å². The Labute approximate surface area is 150 Å². The summed E-state index contributed by atoms with van der Waals surface area (Å²) in [6.07, 6.45) is 0.915. The van der Waals surface area contributed by atoms with Crippen LogP contribution in [0.5, 0.6) is 5.75 Å². The van der Waals surface area contributed by atoms with Crippen LogP contribution < -0.4 is 10.5 Å². The molecule has 0 radical (unpaired) electrons. The van der Waals surface area contributed by atoms with E-state index in [0.717, 1.165) is 29.5 Å². The molecule has 4 heteroatoms. The van der Waals surface area contributed by atoms with E-state index >= 15 is 0 Å². The molecule has 0 aliphatic carbocycles. The average Bonchev–Trinajstić information content (AvgIpc) is 3.01. The molecule has 24 heavy (non-hydrogen) atoms. The second-order valence-electron chi connectivity index (χ2n) is 7.81. The van der Waals surface area contributed by atoms with Gasteiger partial charge in [-0.1, -0.05) is 46.8 Å². The van der Waals surface area contributed by atoms with Gasteiger partial charge in [0.05, 0.1) is 17.3 Å². The van der Waals surface area contributed by atoms with Crippen LogP contribution in [0.1, 0.15) is 56.8 Å². The smallest absolute Gasteiger partial charge is 0.119 e. The van der Waals surface area contributed by atoms with Crippen LogP contribution >= 0.6 is 11.3 Å². The van der Waals surface area contributed by atoms with E-state index in [1.165, 1.54) is 5.56 Å². The lowest BCUT2D eigenvalue weighted by Crippen LogP contribution is -2.16. The van der Waals surface area contributed by atoms with Gasteiger partial charge in [0.1, 0.15) is 5.75 Å². The van der Waals surface area contributed by atoms with E-state index in [1.54, 1.807) is 11.3 Å². The Morgan fingerprint density at radius 2 is 1.83 bits per heavy atom. The predicted molar refractivity (Wildman–Crippen MR) is 103 cm³/mol. The molecule has 2 rings (SSSR count). The van der Waals surface area contributed by atoms with Crippen LogP contribution in [0.4, 0.5) is 0 Å². The highest BCUT2D eigenvalue weighted by Gasteiger charge is 2.21. The Balaban J connectivity index is 2.03. The average molecular weight is 347 g/mol. The summed E-state index contributed by atoms with van der Waals surface area (Å²) in [6, 6.07) is 8.37. The standard InChI is InChI=1S/C20H30N2OS/c1-14(2)12-23-17-8-6-15(7-9-17)10-16(11-21)19-22-18(13-24-19)20(3,4)5/h6-9,13-14,16H,10-12,21H2,1-5H3. The lowest BCUT2D eigenvalue weighted by Gasteiger charge is -2.16. The van der Waals surface area contributed by atoms with E-state index in [2.05, 4.69) is 52.1 Å². The zero-order valence-electron chi connectivity index (χ0n) is 15.5. The predicted octanol–water partition coefficient (Wildman–Crippen LogP) is 4.76. The minimum atomic E-state index is 0.0866. The van der Waals surface area contributed by atoms with Crippen molar-refractivity contribution in [3.05, 3.63) is 45.9 Å². The second-order valence-corrected chi connectivity index (χ2v) is 8.70. The van der Waals surface area contributed by atoms with Gasteiger partial charge in [-0.15, -0.1) is 11.3 Å². The van der Waals surface area contributed by atoms with Gasteiger partial charge in [0.15, 0.2) is 0 Å². The maximum absolute atomic E-state index is 6.02. The number of ether oxygens (including phenoxy) is 1. The number of rotatable bonds is 7. The Morgan fingerprint density at radius 1 is 1.17 bits per heavy atom. The molecule has 1 atom stereocenters. The van der Waals surface area contributed by atoms with Crippen LogP contribution in [0.15, 0.2) is 29.6 Å². The van der Waals surface area contributed by atoms with Gasteiger partial charge in [-0.2, -0.15) is 0 Å². The van der Waals surface area contributed by atoms with E-state index < -0.39 is 0 Å². The maximum Gasteiger partial charge on any atom is 0.119 e. The molecule has 2 aromatic rings. The van der Waals surface area contributed by atoms with Crippen molar-refractivity contribution in [2.75, 3.05) is 13.2 Å². The molecule has 1 aromatic heterocycles. The van der Waals surface area contributed by atoms with E-state index in [1.807, 2.05) is 12.1 Å². The third kappa shape index (κ3) is 5.32. The van der Waals surface area contributed by atoms with Crippen molar-refractivity contribution >= 4 is 11.3 Å². The maximum atomic E-state index is 6.02. The summed E-state index contributed by atoms with van der Waals surface area (Å²) >= 11 is 1.73. The molecule has 2 N–H and O–H groups in total. The minimum absolute atomic E-state index is 0.0866. The van der Waals surface area contributed by atoms with Gasteiger partial charge in [-0.25, -0.2) is 4.98 Å². The van der Waals surface area contributed by atoms with Crippen molar-refractivity contribution in [1.29, 1.82) is 0 Å². The molecule has 0 aliphatic rings. The minimum Gasteiger partial charge on any atom is -0.493 e. The highest BCUT2D eigenvalue weighted by atomic mass is 32.1. The van der Waals surface area contributed by atoms with Crippen molar-refractivity contribution in [1.82, 2.24) is 4.98 Å². The normalized spacial score (nSPS) is 13.3. The number of hydrogen-bond donors (Lipinski definition) is 1. The zero-order chi connectivity index (χ0) is 17.7. The first kappa shape index (κ1) is 18.9. The number of thiazole rings is 1. The van der Waals surface area contributed by atoms with E-state index in [9.17, 15) is 0 Å². The molecule has 0 saturated carbocycles. The summed E-state index contributed by atoms with van der Waals surface area (Å²) in [5, 5.41) is 3.31. The van der Waals surface area contributed by atoms with Crippen LogP contribution in [0.3, 0.4) is 0 Å². The monoisotopic (exact) mass is 346 g/mol. The first-order valence-corrected chi connectivity index (χ1v) is 9.55. The fourth-order valence-corrected chi connectivity index (χ4v) is 3.52. The van der Waals surface area contributed by atoms with E-state index in [0.29, 0.717) is 12.5 Å². The lowest BCUT2D eigenvalue weighted by molar-refractivity contribution is 0.271. The second kappa shape index (κ2) is 8.13. The largest absolute Gasteiger partial charge is 0.493 e. The highest BCUT2D eigenvalue weighted by molar-refractivity contribution is 7.09. The number of benzene rings is 1. The van der Waals surface area contributed by atoms with E-state index in [-0.39, 0.29) is 11.3 Å². The van der Waals surface area contributed by atoms with Gasteiger partial charge in [0, 0.05) is 23.3 Å². The Morgan fingerprint density at radius 3 is 2.33 bits per heavy atom. The van der Waals surface area contributed by atoms with Gasteiger partial charge >= 0.3 is 0 Å². The van der Waals surface area contributed by atoms with Gasteiger partial charge in [-0.3, -0.25) is 0 Å². The molecule has 0 saturated heterocycles. The summed E-state index contributed by atoms with van der Waals surface area (Å²) in [6.45, 7) is 12.2. The van der Waals surface area contributed by atoms with Gasteiger partial charge in [0.25, 0.3) is 0 Å². The zero-order valence-corrected chi connectivity index (χ0v) is 16.3. The summed E-state index contributed by atoms with van der Waals surface area (Å²) in [5.41, 5.74) is 8.53. The molecule has 0 fully saturated rings. The molecular formula is C20H30N2OS. The summed E-state index contributed by atoms with van der Waals surface area (Å²) in [5.74, 6) is 1.74. The van der Waals surface area contributed by atoms with Crippen molar-refractivity contribution in [2.24, 2.45) is 11.7 Å².